The summed E-state index contributed by atoms with van der Waals surface area (Å²) in [6.07, 6.45) is 5.02. The maximum atomic E-state index is 6.20. The van der Waals surface area contributed by atoms with E-state index >= 15 is 0 Å². The van der Waals surface area contributed by atoms with E-state index in [0.717, 1.165) is 44.4 Å². The number of hydrogen-bond acceptors (Lipinski definition) is 6. The van der Waals surface area contributed by atoms with Gasteiger partial charge in [0.2, 0.25) is 0 Å². The number of rotatable bonds is 5. The second-order valence-corrected chi connectivity index (χ2v) is 7.71. The van der Waals surface area contributed by atoms with Gasteiger partial charge in [0.1, 0.15) is 30.2 Å². The van der Waals surface area contributed by atoms with E-state index in [0.29, 0.717) is 12.4 Å². The molecule has 3 heterocycles. The van der Waals surface area contributed by atoms with E-state index in [1.807, 2.05) is 35.0 Å². The van der Waals surface area contributed by atoms with Crippen LogP contribution in [0.15, 0.2) is 67.3 Å². The quantitative estimate of drug-likeness (QED) is 0.448. The van der Waals surface area contributed by atoms with Gasteiger partial charge >= 0.3 is 0 Å². The monoisotopic (exact) mass is 410 g/mol. The summed E-state index contributed by atoms with van der Waals surface area (Å²) in [6, 6.07) is 16.4. The lowest BCUT2D eigenvalue weighted by molar-refractivity contribution is 0.306. The Morgan fingerprint density at radius 2 is 1.74 bits per heavy atom. The molecule has 3 aromatic heterocycles. The molecule has 31 heavy (non-hydrogen) atoms. The number of ether oxygens (including phenoxy) is 1. The standard InChI is InChI=1S/C24H22N6O/c1-15(2)30-24-21(23(25)27-14-28-24)22(29-30)19-4-3-18-12-20(6-5-17(18)11-19)31-13-16-7-9-26-10-8-16/h3-12,14-15H,13H2,1-2H3,(H2,25,27,28). The number of hydrogen-bond donors (Lipinski definition) is 1. The van der Waals surface area contributed by atoms with E-state index in [9.17, 15) is 0 Å². The number of anilines is 1. The highest BCUT2D eigenvalue weighted by Crippen LogP contribution is 2.33. The zero-order chi connectivity index (χ0) is 21.4. The van der Waals surface area contributed by atoms with Gasteiger partial charge in [-0.25, -0.2) is 14.6 Å². The van der Waals surface area contributed by atoms with Crippen LogP contribution in [0.25, 0.3) is 33.1 Å². The number of pyridine rings is 1. The smallest absolute Gasteiger partial charge is 0.164 e. The first kappa shape index (κ1) is 19.0. The molecule has 0 aliphatic rings. The summed E-state index contributed by atoms with van der Waals surface area (Å²) in [5.41, 5.74) is 9.79. The highest BCUT2D eigenvalue weighted by Gasteiger charge is 2.18. The summed E-state index contributed by atoms with van der Waals surface area (Å²) in [7, 11) is 0. The molecule has 2 aromatic carbocycles. The van der Waals surface area contributed by atoms with Crippen molar-refractivity contribution in [3.8, 4) is 17.0 Å². The summed E-state index contributed by atoms with van der Waals surface area (Å²) >= 11 is 0. The zero-order valence-electron chi connectivity index (χ0n) is 17.4. The van der Waals surface area contributed by atoms with Crippen LogP contribution in [-0.2, 0) is 6.61 Å². The number of benzene rings is 2. The van der Waals surface area contributed by atoms with E-state index in [4.69, 9.17) is 15.6 Å². The van der Waals surface area contributed by atoms with Gasteiger partial charge in [0, 0.05) is 24.0 Å². The van der Waals surface area contributed by atoms with E-state index in [-0.39, 0.29) is 6.04 Å². The Morgan fingerprint density at radius 3 is 2.55 bits per heavy atom. The second-order valence-electron chi connectivity index (χ2n) is 7.71. The Morgan fingerprint density at radius 1 is 0.968 bits per heavy atom. The van der Waals surface area contributed by atoms with Crippen molar-refractivity contribution in [1.29, 1.82) is 0 Å². The Kier molecular flexibility index (Phi) is 4.71. The Labute approximate surface area is 179 Å². The number of aromatic nitrogens is 5. The van der Waals surface area contributed by atoms with E-state index in [1.54, 1.807) is 12.4 Å². The summed E-state index contributed by atoms with van der Waals surface area (Å²) in [5, 5.41) is 7.78. The van der Waals surface area contributed by atoms with Crippen LogP contribution in [0.3, 0.4) is 0 Å². The highest BCUT2D eigenvalue weighted by atomic mass is 16.5. The molecule has 7 nitrogen and oxygen atoms in total. The van der Waals surface area contributed by atoms with Crippen molar-refractivity contribution in [2.75, 3.05) is 5.73 Å². The predicted octanol–water partition coefficient (Wildman–Crippen LogP) is 4.78. The van der Waals surface area contributed by atoms with Crippen LogP contribution in [0.4, 0.5) is 5.82 Å². The summed E-state index contributed by atoms with van der Waals surface area (Å²) in [4.78, 5) is 12.6. The second kappa shape index (κ2) is 7.68. The third kappa shape index (κ3) is 3.54. The number of fused-ring (bicyclic) bond motifs is 2. The Balaban J connectivity index is 1.51. The van der Waals surface area contributed by atoms with Gasteiger partial charge < -0.3 is 10.5 Å². The third-order valence-electron chi connectivity index (χ3n) is 5.25. The average Bonchev–Trinajstić information content (AvgIpc) is 3.19. The van der Waals surface area contributed by atoms with Gasteiger partial charge in [-0.3, -0.25) is 4.98 Å². The van der Waals surface area contributed by atoms with Crippen LogP contribution in [0.1, 0.15) is 25.5 Å². The van der Waals surface area contributed by atoms with Crippen molar-refractivity contribution in [2.45, 2.75) is 26.5 Å². The fourth-order valence-electron chi connectivity index (χ4n) is 3.66. The van der Waals surface area contributed by atoms with Gasteiger partial charge in [0.25, 0.3) is 0 Å². The lowest BCUT2D eigenvalue weighted by atomic mass is 10.0. The van der Waals surface area contributed by atoms with Crippen molar-refractivity contribution in [3.05, 3.63) is 72.8 Å². The molecule has 0 fully saturated rings. The molecular weight excluding hydrogens is 388 g/mol. The fraction of sp³-hybridized carbons (Fsp3) is 0.167. The Bertz CT molecular complexity index is 1380. The minimum Gasteiger partial charge on any atom is -0.489 e. The van der Waals surface area contributed by atoms with Crippen molar-refractivity contribution in [1.82, 2.24) is 24.7 Å². The maximum Gasteiger partial charge on any atom is 0.164 e. The number of nitrogens with two attached hydrogens (primary N) is 1. The first-order chi connectivity index (χ1) is 15.1. The van der Waals surface area contributed by atoms with Crippen LogP contribution in [-0.4, -0.2) is 24.7 Å². The van der Waals surface area contributed by atoms with Crippen LogP contribution in [0.5, 0.6) is 5.75 Å². The normalized spacial score (nSPS) is 11.5. The molecule has 0 unspecified atom stereocenters. The molecule has 2 N–H and O–H groups in total. The van der Waals surface area contributed by atoms with Gasteiger partial charge in [-0.15, -0.1) is 0 Å². The van der Waals surface area contributed by atoms with Crippen molar-refractivity contribution in [2.24, 2.45) is 0 Å². The maximum absolute atomic E-state index is 6.20. The highest BCUT2D eigenvalue weighted by molar-refractivity contribution is 6.00. The lowest BCUT2D eigenvalue weighted by Gasteiger charge is -2.08. The molecule has 0 aliphatic carbocycles. The van der Waals surface area contributed by atoms with Crippen molar-refractivity contribution in [3.63, 3.8) is 0 Å². The molecule has 0 aliphatic heterocycles. The molecule has 0 saturated heterocycles. The van der Waals surface area contributed by atoms with Gasteiger partial charge in [-0.1, -0.05) is 18.2 Å². The fourth-order valence-corrected chi connectivity index (χ4v) is 3.66. The van der Waals surface area contributed by atoms with Gasteiger partial charge in [-0.2, -0.15) is 5.10 Å². The molecule has 0 amide bonds. The summed E-state index contributed by atoms with van der Waals surface area (Å²) in [6.45, 7) is 4.65. The molecule has 0 spiro atoms. The summed E-state index contributed by atoms with van der Waals surface area (Å²) < 4.78 is 7.83. The van der Waals surface area contributed by atoms with Crippen molar-refractivity contribution >= 4 is 27.6 Å². The van der Waals surface area contributed by atoms with Gasteiger partial charge in [0.05, 0.1) is 5.39 Å². The molecule has 0 bridgehead atoms. The number of nitrogens with zero attached hydrogens (tertiary/aromatic N) is 5. The van der Waals surface area contributed by atoms with E-state index in [1.165, 1.54) is 6.33 Å². The first-order valence-corrected chi connectivity index (χ1v) is 10.1. The van der Waals surface area contributed by atoms with Gasteiger partial charge in [-0.05, 0) is 60.5 Å². The minimum absolute atomic E-state index is 0.158. The van der Waals surface area contributed by atoms with Crippen LogP contribution in [0, 0.1) is 0 Å². The van der Waals surface area contributed by atoms with Crippen molar-refractivity contribution < 1.29 is 4.74 Å². The Hall–Kier alpha value is -4.00. The first-order valence-electron chi connectivity index (χ1n) is 10.1. The third-order valence-corrected chi connectivity index (χ3v) is 5.25. The average molecular weight is 410 g/mol. The van der Waals surface area contributed by atoms with Crippen LogP contribution in [0.2, 0.25) is 0 Å². The van der Waals surface area contributed by atoms with E-state index < -0.39 is 0 Å². The molecule has 154 valence electrons. The summed E-state index contributed by atoms with van der Waals surface area (Å²) in [5.74, 6) is 1.26. The topological polar surface area (TPSA) is 91.7 Å². The molecule has 0 saturated carbocycles. The van der Waals surface area contributed by atoms with E-state index in [2.05, 4.69) is 47.0 Å². The molecule has 0 atom stereocenters. The minimum atomic E-state index is 0.158. The number of nitrogen functional groups attached to an aromatic ring is 1. The molecular formula is C24H22N6O. The van der Waals surface area contributed by atoms with Gasteiger partial charge in [0.15, 0.2) is 5.65 Å². The van der Waals surface area contributed by atoms with Crippen LogP contribution < -0.4 is 10.5 Å². The predicted molar refractivity (Wildman–Crippen MR) is 122 cm³/mol. The zero-order valence-corrected chi connectivity index (χ0v) is 17.4. The SMILES string of the molecule is CC(C)n1nc(-c2ccc3cc(OCc4ccncc4)ccc3c2)c2c(N)ncnc21. The lowest BCUT2D eigenvalue weighted by Crippen LogP contribution is -2.04. The molecule has 0 radical (unpaired) electrons. The molecule has 5 rings (SSSR count). The van der Waals surface area contributed by atoms with Crippen LogP contribution >= 0.6 is 0 Å². The largest absolute Gasteiger partial charge is 0.489 e. The molecule has 5 aromatic rings. The molecule has 7 heteroatoms.